The minimum absolute atomic E-state index is 0. The first-order valence-electron chi connectivity index (χ1n) is 3.05. The van der Waals surface area contributed by atoms with E-state index in [1.807, 2.05) is 0 Å². The molecule has 0 radical (unpaired) electrons. The summed E-state index contributed by atoms with van der Waals surface area (Å²) >= 11 is 0. The van der Waals surface area contributed by atoms with E-state index in [2.05, 4.69) is 5.32 Å². The van der Waals surface area contributed by atoms with Gasteiger partial charge in [0.15, 0.2) is 0 Å². The molecule has 1 aliphatic heterocycles. The van der Waals surface area contributed by atoms with Gasteiger partial charge in [0.1, 0.15) is 0 Å². The van der Waals surface area contributed by atoms with Gasteiger partial charge in [0.2, 0.25) is 18.6 Å². The van der Waals surface area contributed by atoms with Crippen molar-refractivity contribution < 1.29 is 0 Å². The van der Waals surface area contributed by atoms with Gasteiger partial charge in [-0.05, 0) is 19.5 Å². The first kappa shape index (κ1) is 12.8. The van der Waals surface area contributed by atoms with E-state index in [9.17, 15) is 0 Å². The van der Waals surface area contributed by atoms with Crippen LogP contribution in [0.1, 0.15) is 6.42 Å². The Morgan fingerprint density at radius 3 is 1.25 bits per heavy atom. The molecule has 1 aliphatic rings. The molecule has 6 nitrogen and oxygen atoms in total. The van der Waals surface area contributed by atoms with Crippen molar-refractivity contribution in [1.82, 2.24) is 16.4 Å². The summed E-state index contributed by atoms with van der Waals surface area (Å²) in [6, 6.07) is 0. The smallest absolute Gasteiger partial charge is 0.208 e. The average molecular weight is 166 g/mol. The van der Waals surface area contributed by atoms with E-state index in [1.54, 1.807) is 0 Å². The molecule has 1 heterocycles. The van der Waals surface area contributed by atoms with Crippen molar-refractivity contribution in [2.24, 2.45) is 0 Å². The van der Waals surface area contributed by atoms with Crippen molar-refractivity contribution in [3.05, 3.63) is 0 Å². The Balaban J connectivity index is 0. The molecule has 0 unspecified atom stereocenters. The van der Waals surface area contributed by atoms with Gasteiger partial charge in [-0.25, -0.2) is 0 Å². The number of nitrogens with zero attached hydrogens (tertiary/aromatic N) is 4. The summed E-state index contributed by atoms with van der Waals surface area (Å²) in [4.78, 5) is 0.292. The Bertz CT molecular complexity index is 174. The molecule has 0 spiro atoms. The summed E-state index contributed by atoms with van der Waals surface area (Å²) in [5, 5.41) is 26.4. The molecule has 0 saturated carbocycles. The molecular formula is C6H10N6. The van der Waals surface area contributed by atoms with E-state index < -0.39 is 0 Å². The van der Waals surface area contributed by atoms with Crippen LogP contribution in [0.4, 0.5) is 0 Å². The Morgan fingerprint density at radius 2 is 1.25 bits per heavy atom. The maximum atomic E-state index is 7.76. The third kappa shape index (κ3) is 6.31. The van der Waals surface area contributed by atoms with Crippen molar-refractivity contribution in [3.8, 4) is 18.6 Å². The van der Waals surface area contributed by atoms with Crippen LogP contribution in [0.3, 0.4) is 0 Å². The molecule has 4 N–H and O–H groups in total. The molecular weight excluding hydrogens is 156 g/mol. The number of nitrogens with one attached hydrogen (secondary N) is 1. The average Bonchev–Trinajstić information content (AvgIpc) is 1.88. The zero-order valence-electron chi connectivity index (χ0n) is 6.62. The number of hydrogen-bond acceptors (Lipinski definition) is 6. The van der Waals surface area contributed by atoms with Gasteiger partial charge in [0.05, 0.1) is 0 Å². The molecule has 0 bridgehead atoms. The van der Waals surface area contributed by atoms with Crippen molar-refractivity contribution in [2.75, 3.05) is 13.1 Å². The van der Waals surface area contributed by atoms with Crippen LogP contribution in [0.15, 0.2) is 0 Å². The Hall–Kier alpha value is -1.81. The molecule has 0 aromatic heterocycles. The lowest BCUT2D eigenvalue weighted by molar-refractivity contribution is 0.527. The van der Waals surface area contributed by atoms with Gasteiger partial charge in [0.25, 0.3) is 0 Å². The van der Waals surface area contributed by atoms with Crippen LogP contribution < -0.4 is 11.5 Å². The number of rotatable bonds is 0. The second kappa shape index (κ2) is 9.19. The van der Waals surface area contributed by atoms with Gasteiger partial charge in [0, 0.05) is 0 Å². The highest BCUT2D eigenvalue weighted by Crippen LogP contribution is 1.80. The molecule has 6 heteroatoms. The Labute approximate surface area is 71.2 Å². The van der Waals surface area contributed by atoms with Crippen LogP contribution in [0, 0.1) is 34.4 Å². The normalized spacial score (nSPS) is 10.8. The highest BCUT2D eigenvalue weighted by atomic mass is 15.1. The van der Waals surface area contributed by atoms with Crippen LogP contribution in [0.5, 0.6) is 0 Å². The van der Waals surface area contributed by atoms with Crippen molar-refractivity contribution >= 4 is 0 Å². The first-order chi connectivity index (χ1) is 5.35. The maximum absolute atomic E-state index is 7.76. The molecule has 0 aliphatic carbocycles. The fourth-order valence-electron chi connectivity index (χ4n) is 0.244. The minimum Gasteiger partial charge on any atom is -0.344 e. The predicted octanol–water partition coefficient (Wildman–Crippen LogP) is -0.127. The third-order valence-corrected chi connectivity index (χ3v) is 1.01. The standard InChI is InChI=1S/C3N4.C3H7N.H3N/c4-1-7(2-5)3-6;1-2-4-3-1;/h;4H,1-3H2;1H3. The van der Waals surface area contributed by atoms with Gasteiger partial charge in [-0.15, -0.1) is 4.90 Å². The zero-order valence-corrected chi connectivity index (χ0v) is 6.62. The summed E-state index contributed by atoms with van der Waals surface area (Å²) in [7, 11) is 0. The summed E-state index contributed by atoms with van der Waals surface area (Å²) < 4.78 is 0. The molecule has 0 amide bonds. The monoisotopic (exact) mass is 166 g/mol. The summed E-state index contributed by atoms with van der Waals surface area (Å²) in [6.45, 7) is 2.50. The van der Waals surface area contributed by atoms with Crippen LogP contribution >= 0.6 is 0 Å². The highest BCUT2D eigenvalue weighted by molar-refractivity contribution is 4.96. The summed E-state index contributed by atoms with van der Waals surface area (Å²) in [5.41, 5.74) is 0. The largest absolute Gasteiger partial charge is 0.344 e. The Morgan fingerprint density at radius 1 is 1.00 bits per heavy atom. The number of hydrogen-bond donors (Lipinski definition) is 2. The summed E-state index contributed by atoms with van der Waals surface area (Å²) in [6.07, 6.45) is 5.33. The van der Waals surface area contributed by atoms with E-state index in [4.69, 9.17) is 15.8 Å². The van der Waals surface area contributed by atoms with E-state index in [0.29, 0.717) is 4.90 Å². The number of nitriles is 3. The predicted molar refractivity (Wildman–Crippen MR) is 41.2 cm³/mol. The van der Waals surface area contributed by atoms with Crippen molar-refractivity contribution in [1.29, 1.82) is 15.8 Å². The van der Waals surface area contributed by atoms with Gasteiger partial charge in [-0.2, -0.15) is 15.8 Å². The Kier molecular flexibility index (Phi) is 9.83. The molecule has 0 aromatic carbocycles. The molecule has 0 atom stereocenters. The van der Waals surface area contributed by atoms with Gasteiger partial charge < -0.3 is 11.5 Å². The third-order valence-electron chi connectivity index (χ3n) is 1.01. The van der Waals surface area contributed by atoms with Crippen molar-refractivity contribution in [3.63, 3.8) is 0 Å². The molecule has 1 fully saturated rings. The highest BCUT2D eigenvalue weighted by Gasteiger charge is 1.92. The van der Waals surface area contributed by atoms with Crippen molar-refractivity contribution in [2.45, 2.75) is 6.42 Å². The van der Waals surface area contributed by atoms with E-state index in [0.717, 1.165) is 0 Å². The molecule has 0 aromatic rings. The van der Waals surface area contributed by atoms with Gasteiger partial charge >= 0.3 is 0 Å². The first-order valence-corrected chi connectivity index (χ1v) is 3.05. The lowest BCUT2D eigenvalue weighted by atomic mass is 10.3. The second-order valence-electron chi connectivity index (χ2n) is 1.74. The van der Waals surface area contributed by atoms with E-state index in [-0.39, 0.29) is 6.15 Å². The summed E-state index contributed by atoms with van der Waals surface area (Å²) in [5.74, 6) is 0. The molecule has 1 saturated heterocycles. The molecule has 64 valence electrons. The van der Waals surface area contributed by atoms with Crippen LogP contribution in [0.25, 0.3) is 0 Å². The quantitative estimate of drug-likeness (QED) is 0.382. The fraction of sp³-hybridized carbons (Fsp3) is 0.500. The van der Waals surface area contributed by atoms with E-state index in [1.165, 1.54) is 38.1 Å². The van der Waals surface area contributed by atoms with Crippen LogP contribution in [-0.2, 0) is 0 Å². The van der Waals surface area contributed by atoms with Gasteiger partial charge in [-0.1, -0.05) is 0 Å². The maximum Gasteiger partial charge on any atom is 0.208 e. The van der Waals surface area contributed by atoms with Gasteiger partial charge in [-0.3, -0.25) is 0 Å². The zero-order chi connectivity index (χ0) is 8.53. The molecule has 12 heavy (non-hydrogen) atoms. The lowest BCUT2D eigenvalue weighted by Gasteiger charge is -2.09. The lowest BCUT2D eigenvalue weighted by Crippen LogP contribution is -2.29. The van der Waals surface area contributed by atoms with Crippen LogP contribution in [0.2, 0.25) is 0 Å². The van der Waals surface area contributed by atoms with E-state index >= 15 is 0 Å². The second-order valence-corrected chi connectivity index (χ2v) is 1.74. The topological polar surface area (TPSA) is 122 Å². The van der Waals surface area contributed by atoms with Crippen LogP contribution in [-0.4, -0.2) is 18.0 Å². The molecule has 1 rings (SSSR count). The minimum atomic E-state index is 0. The fourth-order valence-corrected chi connectivity index (χ4v) is 0.244. The SMILES string of the molecule is C1CNC1.N.N#CN(C#N)C#N.